The Morgan fingerprint density at radius 3 is 2.81 bits per heavy atom. The Balaban J connectivity index is 1.70. The number of fused-ring (bicyclic) bond motifs is 1. The van der Waals surface area contributed by atoms with Gasteiger partial charge in [-0.3, -0.25) is 0 Å². The van der Waals surface area contributed by atoms with Crippen LogP contribution in [0.3, 0.4) is 0 Å². The highest BCUT2D eigenvalue weighted by atomic mass is 16.5. The van der Waals surface area contributed by atoms with Crippen LogP contribution in [-0.4, -0.2) is 22.6 Å². The number of pyridine rings is 1. The number of hydrogen-bond donors (Lipinski definition) is 2. The van der Waals surface area contributed by atoms with E-state index in [1.54, 1.807) is 24.4 Å². The van der Waals surface area contributed by atoms with Gasteiger partial charge in [-0.25, -0.2) is 9.78 Å². The van der Waals surface area contributed by atoms with Crippen LogP contribution >= 0.6 is 0 Å². The van der Waals surface area contributed by atoms with E-state index in [4.69, 9.17) is 10.5 Å². The first kappa shape index (κ1) is 16.7. The summed E-state index contributed by atoms with van der Waals surface area (Å²) >= 11 is 0. The van der Waals surface area contributed by atoms with Gasteiger partial charge in [-0.1, -0.05) is 6.07 Å². The number of nitrogens with one attached hydrogen (secondary N) is 1. The fourth-order valence-corrected chi connectivity index (χ4v) is 3.00. The number of carbonyl (C=O) groups is 1. The normalized spacial score (nSPS) is 10.7. The van der Waals surface area contributed by atoms with E-state index in [-0.39, 0.29) is 5.97 Å². The lowest BCUT2D eigenvalue weighted by Gasteiger charge is -2.11. The summed E-state index contributed by atoms with van der Waals surface area (Å²) in [6.07, 6.45) is 3.67. The van der Waals surface area contributed by atoms with Gasteiger partial charge in [0.1, 0.15) is 0 Å². The van der Waals surface area contributed by atoms with Gasteiger partial charge in [-0.15, -0.1) is 0 Å². The highest BCUT2D eigenvalue weighted by Crippen LogP contribution is 2.26. The van der Waals surface area contributed by atoms with Crippen LogP contribution in [0.15, 0.2) is 73.1 Å². The minimum atomic E-state index is -0.344. The number of hydrogen-bond acceptors (Lipinski definition) is 5. The second-order valence-corrected chi connectivity index (χ2v) is 6.07. The lowest BCUT2D eigenvalue weighted by Crippen LogP contribution is -2.01. The molecule has 4 aromatic rings. The van der Waals surface area contributed by atoms with Crippen molar-refractivity contribution in [2.45, 2.75) is 0 Å². The molecule has 2 aromatic heterocycles. The molecular weight excluding hydrogens is 340 g/mol. The van der Waals surface area contributed by atoms with Gasteiger partial charge >= 0.3 is 5.97 Å². The predicted molar refractivity (Wildman–Crippen MR) is 107 cm³/mol. The van der Waals surface area contributed by atoms with E-state index < -0.39 is 0 Å². The summed E-state index contributed by atoms with van der Waals surface area (Å²) in [6, 6.07) is 19.0. The number of nitrogens with two attached hydrogens (primary N) is 1. The van der Waals surface area contributed by atoms with Gasteiger partial charge in [0.2, 0.25) is 0 Å². The lowest BCUT2D eigenvalue weighted by atomic mass is 10.1. The van der Waals surface area contributed by atoms with Crippen LogP contribution in [0.5, 0.6) is 0 Å². The van der Waals surface area contributed by atoms with Gasteiger partial charge in [-0.2, -0.15) is 0 Å². The molecule has 0 bridgehead atoms. The van der Waals surface area contributed by atoms with Crippen molar-refractivity contribution >= 4 is 34.1 Å². The number of methoxy groups -OCH3 is 1. The van der Waals surface area contributed by atoms with Gasteiger partial charge in [0.25, 0.3) is 0 Å². The summed E-state index contributed by atoms with van der Waals surface area (Å²) < 4.78 is 6.85. The van der Waals surface area contributed by atoms with Crippen LogP contribution < -0.4 is 11.1 Å². The summed E-state index contributed by atoms with van der Waals surface area (Å²) in [6.45, 7) is 0. The molecule has 0 aliphatic carbocycles. The largest absolute Gasteiger partial charge is 0.465 e. The Bertz CT molecular complexity index is 1130. The van der Waals surface area contributed by atoms with Crippen LogP contribution in [0.25, 0.3) is 16.6 Å². The minimum absolute atomic E-state index is 0.344. The van der Waals surface area contributed by atoms with Crippen LogP contribution in [0.2, 0.25) is 0 Å². The Hall–Kier alpha value is -3.80. The Labute approximate surface area is 156 Å². The van der Waals surface area contributed by atoms with E-state index >= 15 is 0 Å². The number of carbonyl (C=O) groups excluding carboxylic acids is 1. The third kappa shape index (κ3) is 3.20. The summed E-state index contributed by atoms with van der Waals surface area (Å²) in [7, 11) is 1.38. The van der Waals surface area contributed by atoms with Crippen molar-refractivity contribution in [3.63, 3.8) is 0 Å². The van der Waals surface area contributed by atoms with E-state index in [9.17, 15) is 4.79 Å². The third-order valence-corrected chi connectivity index (χ3v) is 4.34. The number of rotatable bonds is 4. The van der Waals surface area contributed by atoms with Crippen molar-refractivity contribution in [2.24, 2.45) is 0 Å². The maximum absolute atomic E-state index is 11.7. The van der Waals surface area contributed by atoms with Crippen LogP contribution in [0, 0.1) is 0 Å². The molecule has 6 heteroatoms. The summed E-state index contributed by atoms with van der Waals surface area (Å²) in [4.78, 5) is 16.0. The molecule has 0 unspecified atom stereocenters. The van der Waals surface area contributed by atoms with Crippen molar-refractivity contribution in [2.75, 3.05) is 18.2 Å². The lowest BCUT2D eigenvalue weighted by molar-refractivity contribution is 0.0601. The molecule has 0 fully saturated rings. The van der Waals surface area contributed by atoms with Crippen LogP contribution in [0.1, 0.15) is 10.4 Å². The monoisotopic (exact) mass is 358 g/mol. The second kappa shape index (κ2) is 6.84. The highest BCUT2D eigenvalue weighted by Gasteiger charge is 2.09. The molecule has 4 rings (SSSR count). The SMILES string of the molecule is COC(=O)c1ccc2c(ccn2-c2cccc(Nc3ncccc3N)c2)c1. The predicted octanol–water partition coefficient (Wildman–Crippen LogP) is 4.14. The quantitative estimate of drug-likeness (QED) is 0.536. The number of anilines is 3. The van der Waals surface area contributed by atoms with Gasteiger partial charge in [0.15, 0.2) is 5.82 Å². The number of aromatic nitrogens is 2. The molecule has 0 saturated heterocycles. The van der Waals surface area contributed by atoms with Gasteiger partial charge in [0, 0.05) is 29.2 Å². The maximum Gasteiger partial charge on any atom is 0.337 e. The molecule has 0 saturated carbocycles. The average Bonchev–Trinajstić information content (AvgIpc) is 3.12. The second-order valence-electron chi connectivity index (χ2n) is 6.07. The summed E-state index contributed by atoms with van der Waals surface area (Å²) in [5, 5.41) is 4.21. The van der Waals surface area contributed by atoms with E-state index in [0.717, 1.165) is 22.3 Å². The number of benzene rings is 2. The van der Waals surface area contributed by atoms with Crippen molar-refractivity contribution < 1.29 is 9.53 Å². The molecular formula is C21H18N4O2. The number of esters is 1. The van der Waals surface area contributed by atoms with E-state index in [1.165, 1.54) is 7.11 Å². The molecule has 2 heterocycles. The Morgan fingerprint density at radius 2 is 2.00 bits per heavy atom. The number of nitrogens with zero attached hydrogens (tertiary/aromatic N) is 2. The molecule has 134 valence electrons. The van der Waals surface area contributed by atoms with Gasteiger partial charge in [0.05, 0.1) is 23.9 Å². The molecule has 27 heavy (non-hydrogen) atoms. The zero-order chi connectivity index (χ0) is 18.8. The summed E-state index contributed by atoms with van der Waals surface area (Å²) in [5.41, 5.74) is 9.94. The molecule has 0 aliphatic heterocycles. The van der Waals surface area contributed by atoms with E-state index in [2.05, 4.69) is 14.9 Å². The number of ether oxygens (including phenoxy) is 1. The highest BCUT2D eigenvalue weighted by molar-refractivity contribution is 5.95. The fourth-order valence-electron chi connectivity index (χ4n) is 3.00. The molecule has 0 amide bonds. The topological polar surface area (TPSA) is 82.2 Å². The van der Waals surface area contributed by atoms with Crippen molar-refractivity contribution in [3.05, 3.63) is 78.6 Å². The molecule has 0 radical (unpaired) electrons. The van der Waals surface area contributed by atoms with Crippen LogP contribution in [0.4, 0.5) is 17.2 Å². The standard InChI is InChI=1S/C21H18N4O2/c1-27-21(26)15-7-8-19-14(12-15)9-11-25(19)17-5-2-4-16(13-17)24-20-18(22)6-3-10-23-20/h2-13H,22H2,1H3,(H,23,24). The maximum atomic E-state index is 11.7. The first-order chi connectivity index (χ1) is 13.2. The average molecular weight is 358 g/mol. The van der Waals surface area contributed by atoms with E-state index in [1.807, 2.05) is 48.7 Å². The molecule has 6 nitrogen and oxygen atoms in total. The molecule has 0 atom stereocenters. The zero-order valence-electron chi connectivity index (χ0n) is 14.7. The molecule has 3 N–H and O–H groups in total. The molecule has 0 aliphatic rings. The number of nitrogen functional groups attached to an aromatic ring is 1. The first-order valence-corrected chi connectivity index (χ1v) is 8.43. The van der Waals surface area contributed by atoms with Crippen LogP contribution in [-0.2, 0) is 4.74 Å². The molecule has 2 aromatic carbocycles. The fraction of sp³-hybridized carbons (Fsp3) is 0.0476. The van der Waals surface area contributed by atoms with E-state index in [0.29, 0.717) is 17.1 Å². The minimum Gasteiger partial charge on any atom is -0.465 e. The summed E-state index contributed by atoms with van der Waals surface area (Å²) in [5.74, 6) is 0.276. The van der Waals surface area contributed by atoms with Crippen molar-refractivity contribution in [1.29, 1.82) is 0 Å². The van der Waals surface area contributed by atoms with Gasteiger partial charge in [-0.05, 0) is 54.6 Å². The van der Waals surface area contributed by atoms with Gasteiger partial charge < -0.3 is 20.4 Å². The Kier molecular flexibility index (Phi) is 4.22. The first-order valence-electron chi connectivity index (χ1n) is 8.43. The van der Waals surface area contributed by atoms with Crippen molar-refractivity contribution in [1.82, 2.24) is 9.55 Å². The van der Waals surface area contributed by atoms with Crippen molar-refractivity contribution in [3.8, 4) is 5.69 Å². The Morgan fingerprint density at radius 1 is 1.11 bits per heavy atom. The zero-order valence-corrected chi connectivity index (χ0v) is 14.7. The third-order valence-electron chi connectivity index (χ3n) is 4.34. The smallest absolute Gasteiger partial charge is 0.337 e. The molecule has 0 spiro atoms.